The van der Waals surface area contributed by atoms with E-state index in [0.29, 0.717) is 0 Å². The molecular weight excluding hydrogens is 172 g/mol. The lowest BCUT2D eigenvalue weighted by Crippen LogP contribution is -2.24. The van der Waals surface area contributed by atoms with Gasteiger partial charge >= 0.3 is 0 Å². The number of hydrogen-bond acceptors (Lipinski definition) is 2. The lowest BCUT2D eigenvalue weighted by atomic mass is 10.1. The lowest BCUT2D eigenvalue weighted by Gasteiger charge is -2.18. The largest absolute Gasteiger partial charge is 0.330 e. The van der Waals surface area contributed by atoms with Crippen molar-refractivity contribution < 1.29 is 0 Å². The molecule has 0 saturated heterocycles. The van der Waals surface area contributed by atoms with E-state index in [1.54, 1.807) is 0 Å². The molecule has 0 fully saturated rings. The smallest absolute Gasteiger partial charge is 0.000133 e. The Morgan fingerprint density at radius 3 is 2.14 bits per heavy atom. The van der Waals surface area contributed by atoms with Gasteiger partial charge in [0.1, 0.15) is 0 Å². The van der Waals surface area contributed by atoms with Gasteiger partial charge in [-0.2, -0.15) is 0 Å². The van der Waals surface area contributed by atoms with E-state index >= 15 is 0 Å². The molecular formula is C12H28N2. The predicted molar refractivity (Wildman–Crippen MR) is 64.5 cm³/mol. The van der Waals surface area contributed by atoms with E-state index in [1.807, 2.05) is 0 Å². The molecule has 0 atom stereocenters. The van der Waals surface area contributed by atoms with Crippen LogP contribution in [0, 0.1) is 5.92 Å². The van der Waals surface area contributed by atoms with Crippen molar-refractivity contribution in [3.63, 3.8) is 0 Å². The molecule has 0 aliphatic carbocycles. The molecule has 0 unspecified atom stereocenters. The lowest BCUT2D eigenvalue weighted by molar-refractivity contribution is 0.288. The molecule has 2 N–H and O–H groups in total. The first-order valence-corrected chi connectivity index (χ1v) is 6.05. The van der Waals surface area contributed by atoms with Crippen LogP contribution in [0.4, 0.5) is 0 Å². The molecule has 0 aromatic carbocycles. The highest BCUT2D eigenvalue weighted by Gasteiger charge is 2.00. The molecule has 0 spiro atoms. The normalized spacial score (nSPS) is 11.6. The Kier molecular flexibility index (Phi) is 9.42. The molecule has 0 amide bonds. The molecule has 86 valence electrons. The molecule has 0 saturated carbocycles. The third kappa shape index (κ3) is 10.0. The average Bonchev–Trinajstić information content (AvgIpc) is 2.10. The molecule has 0 aliphatic heterocycles. The number of hydrogen-bond donors (Lipinski definition) is 1. The highest BCUT2D eigenvalue weighted by atomic mass is 15.1. The van der Waals surface area contributed by atoms with Crippen molar-refractivity contribution in [2.75, 3.05) is 26.7 Å². The van der Waals surface area contributed by atoms with Gasteiger partial charge in [0, 0.05) is 6.54 Å². The minimum atomic E-state index is 0.789. The molecule has 0 bridgehead atoms. The summed E-state index contributed by atoms with van der Waals surface area (Å²) in [6.45, 7) is 7.88. The first kappa shape index (κ1) is 13.9. The maximum atomic E-state index is 5.44. The third-order valence-corrected chi connectivity index (χ3v) is 2.42. The fourth-order valence-corrected chi connectivity index (χ4v) is 1.77. The Bertz CT molecular complexity index is 113. The Morgan fingerprint density at radius 2 is 1.57 bits per heavy atom. The summed E-state index contributed by atoms with van der Waals surface area (Å²) in [6, 6.07) is 0. The minimum Gasteiger partial charge on any atom is -0.330 e. The molecule has 14 heavy (non-hydrogen) atoms. The quantitative estimate of drug-likeness (QED) is 0.579. The van der Waals surface area contributed by atoms with E-state index in [1.165, 1.54) is 45.2 Å². The van der Waals surface area contributed by atoms with Gasteiger partial charge in [-0.25, -0.2) is 0 Å². The Labute approximate surface area is 89.9 Å². The van der Waals surface area contributed by atoms with Crippen LogP contribution in [-0.4, -0.2) is 31.6 Å². The molecule has 0 aromatic rings. The van der Waals surface area contributed by atoms with Crippen molar-refractivity contribution >= 4 is 0 Å². The highest BCUT2D eigenvalue weighted by Crippen LogP contribution is 2.04. The zero-order chi connectivity index (χ0) is 10.8. The van der Waals surface area contributed by atoms with Crippen LogP contribution in [0.5, 0.6) is 0 Å². The zero-order valence-corrected chi connectivity index (χ0v) is 10.3. The van der Waals surface area contributed by atoms with Gasteiger partial charge < -0.3 is 10.6 Å². The van der Waals surface area contributed by atoms with Crippen molar-refractivity contribution in [3.8, 4) is 0 Å². The number of nitrogens with two attached hydrogens (primary N) is 1. The third-order valence-electron chi connectivity index (χ3n) is 2.42. The molecule has 0 heterocycles. The number of rotatable bonds is 9. The number of unbranched alkanes of at least 4 members (excludes halogenated alkanes) is 4. The van der Waals surface area contributed by atoms with E-state index in [9.17, 15) is 0 Å². The Morgan fingerprint density at radius 1 is 1.00 bits per heavy atom. The van der Waals surface area contributed by atoms with Gasteiger partial charge in [-0.05, 0) is 38.9 Å². The first-order chi connectivity index (χ1) is 6.66. The Balaban J connectivity index is 3.10. The van der Waals surface area contributed by atoms with Crippen LogP contribution in [0.25, 0.3) is 0 Å². The van der Waals surface area contributed by atoms with Crippen molar-refractivity contribution in [2.24, 2.45) is 11.7 Å². The second-order valence-corrected chi connectivity index (χ2v) is 4.71. The van der Waals surface area contributed by atoms with Crippen LogP contribution in [0.2, 0.25) is 0 Å². The van der Waals surface area contributed by atoms with Gasteiger partial charge in [0.05, 0.1) is 0 Å². The number of nitrogens with zero attached hydrogens (tertiary/aromatic N) is 1. The fraction of sp³-hybridized carbons (Fsp3) is 1.00. The van der Waals surface area contributed by atoms with E-state index < -0.39 is 0 Å². The molecule has 0 aromatic heterocycles. The van der Waals surface area contributed by atoms with Gasteiger partial charge in [-0.3, -0.25) is 0 Å². The van der Waals surface area contributed by atoms with E-state index in [-0.39, 0.29) is 0 Å². The van der Waals surface area contributed by atoms with Gasteiger partial charge in [0.25, 0.3) is 0 Å². The van der Waals surface area contributed by atoms with Crippen molar-refractivity contribution in [2.45, 2.75) is 46.0 Å². The maximum Gasteiger partial charge on any atom is 0.000133 e. The molecule has 2 nitrogen and oxygen atoms in total. The van der Waals surface area contributed by atoms with Crippen molar-refractivity contribution in [1.82, 2.24) is 4.90 Å². The molecule has 0 aliphatic rings. The van der Waals surface area contributed by atoms with Gasteiger partial charge in [0.2, 0.25) is 0 Å². The maximum absolute atomic E-state index is 5.44. The van der Waals surface area contributed by atoms with Crippen LogP contribution in [0.15, 0.2) is 0 Å². The second-order valence-electron chi connectivity index (χ2n) is 4.71. The fourth-order valence-electron chi connectivity index (χ4n) is 1.77. The van der Waals surface area contributed by atoms with E-state index in [0.717, 1.165) is 12.5 Å². The summed E-state index contributed by atoms with van der Waals surface area (Å²) >= 11 is 0. The molecule has 0 radical (unpaired) electrons. The van der Waals surface area contributed by atoms with Gasteiger partial charge in [-0.15, -0.1) is 0 Å². The monoisotopic (exact) mass is 200 g/mol. The molecule has 0 rings (SSSR count). The van der Waals surface area contributed by atoms with E-state index in [4.69, 9.17) is 5.73 Å². The summed E-state index contributed by atoms with van der Waals surface area (Å²) < 4.78 is 0. The minimum absolute atomic E-state index is 0.789. The SMILES string of the molecule is CC(C)CN(C)CCCCCCCN. The average molecular weight is 200 g/mol. The van der Waals surface area contributed by atoms with Gasteiger partial charge in [-0.1, -0.05) is 33.1 Å². The van der Waals surface area contributed by atoms with Gasteiger partial charge in [0.15, 0.2) is 0 Å². The highest BCUT2D eigenvalue weighted by molar-refractivity contribution is 4.55. The van der Waals surface area contributed by atoms with Crippen molar-refractivity contribution in [1.29, 1.82) is 0 Å². The summed E-state index contributed by atoms with van der Waals surface area (Å²) in [5.74, 6) is 0.789. The summed E-state index contributed by atoms with van der Waals surface area (Å²) in [6.07, 6.45) is 6.56. The Hall–Kier alpha value is -0.0800. The van der Waals surface area contributed by atoms with Crippen LogP contribution in [0.1, 0.15) is 46.0 Å². The summed E-state index contributed by atoms with van der Waals surface area (Å²) in [7, 11) is 2.22. The van der Waals surface area contributed by atoms with Crippen LogP contribution in [-0.2, 0) is 0 Å². The zero-order valence-electron chi connectivity index (χ0n) is 10.3. The van der Waals surface area contributed by atoms with Crippen molar-refractivity contribution in [3.05, 3.63) is 0 Å². The summed E-state index contributed by atoms with van der Waals surface area (Å²) in [5.41, 5.74) is 5.44. The van der Waals surface area contributed by atoms with Crippen LogP contribution >= 0.6 is 0 Å². The molecule has 2 heteroatoms. The van der Waals surface area contributed by atoms with Crippen LogP contribution in [0.3, 0.4) is 0 Å². The summed E-state index contributed by atoms with van der Waals surface area (Å²) in [5, 5.41) is 0. The van der Waals surface area contributed by atoms with E-state index in [2.05, 4.69) is 25.8 Å². The standard InChI is InChI=1S/C12H28N2/c1-12(2)11-14(3)10-8-6-4-5-7-9-13/h12H,4-11,13H2,1-3H3. The van der Waals surface area contributed by atoms with Crippen LogP contribution < -0.4 is 5.73 Å². The second kappa shape index (κ2) is 9.47. The first-order valence-electron chi connectivity index (χ1n) is 6.05. The summed E-state index contributed by atoms with van der Waals surface area (Å²) in [4.78, 5) is 2.44. The topological polar surface area (TPSA) is 29.3 Å². The predicted octanol–water partition coefficient (Wildman–Crippen LogP) is 2.48.